The summed E-state index contributed by atoms with van der Waals surface area (Å²) in [5.41, 5.74) is 2.66. The quantitative estimate of drug-likeness (QED) is 0.875. The lowest BCUT2D eigenvalue weighted by atomic mass is 9.87. The molecule has 3 rings (SSSR count). The molecule has 1 fully saturated rings. The highest BCUT2D eigenvalue weighted by atomic mass is 15.3. The van der Waals surface area contributed by atoms with Crippen molar-refractivity contribution in [1.82, 2.24) is 15.3 Å². The van der Waals surface area contributed by atoms with Crippen molar-refractivity contribution in [2.45, 2.75) is 32.1 Å². The van der Waals surface area contributed by atoms with Crippen molar-refractivity contribution < 1.29 is 0 Å². The van der Waals surface area contributed by atoms with Crippen molar-refractivity contribution in [2.75, 3.05) is 31.6 Å². The number of anilines is 1. The fourth-order valence-electron chi connectivity index (χ4n) is 3.10. The minimum Gasteiger partial charge on any atom is -0.341 e. The van der Waals surface area contributed by atoms with Gasteiger partial charge in [0.1, 0.15) is 0 Å². The van der Waals surface area contributed by atoms with E-state index >= 15 is 0 Å². The van der Waals surface area contributed by atoms with E-state index in [2.05, 4.69) is 21.4 Å². The summed E-state index contributed by atoms with van der Waals surface area (Å²) in [6.45, 7) is 3.36. The van der Waals surface area contributed by atoms with Gasteiger partial charge < -0.3 is 10.2 Å². The standard InChI is InChI=1S/C14H22N4/c1-15-9-11-4-5-13-12(8-11)10-16-14(17-13)18-6-2-3-7-18/h10-11,15H,2-9H2,1H3. The van der Waals surface area contributed by atoms with E-state index in [1.54, 1.807) is 0 Å². The molecule has 0 amide bonds. The van der Waals surface area contributed by atoms with E-state index in [-0.39, 0.29) is 0 Å². The fourth-order valence-corrected chi connectivity index (χ4v) is 3.10. The molecule has 1 aliphatic carbocycles. The van der Waals surface area contributed by atoms with E-state index in [1.165, 1.54) is 30.5 Å². The largest absolute Gasteiger partial charge is 0.341 e. The number of fused-ring (bicyclic) bond motifs is 1. The van der Waals surface area contributed by atoms with Crippen LogP contribution in [-0.4, -0.2) is 36.6 Å². The molecule has 1 atom stereocenters. The van der Waals surface area contributed by atoms with Crippen LogP contribution in [0.2, 0.25) is 0 Å². The van der Waals surface area contributed by atoms with Crippen LogP contribution in [-0.2, 0) is 12.8 Å². The van der Waals surface area contributed by atoms with Crippen LogP contribution >= 0.6 is 0 Å². The van der Waals surface area contributed by atoms with E-state index < -0.39 is 0 Å². The van der Waals surface area contributed by atoms with Gasteiger partial charge in [-0.25, -0.2) is 9.97 Å². The molecule has 18 heavy (non-hydrogen) atoms. The van der Waals surface area contributed by atoms with E-state index in [0.717, 1.165) is 44.3 Å². The number of aromatic nitrogens is 2. The Labute approximate surface area is 109 Å². The monoisotopic (exact) mass is 246 g/mol. The summed E-state index contributed by atoms with van der Waals surface area (Å²) in [4.78, 5) is 11.7. The van der Waals surface area contributed by atoms with Crippen LogP contribution in [0.15, 0.2) is 6.20 Å². The molecule has 2 aliphatic rings. The molecule has 0 aromatic carbocycles. The van der Waals surface area contributed by atoms with Gasteiger partial charge in [0.15, 0.2) is 0 Å². The second-order valence-electron chi connectivity index (χ2n) is 5.50. The first-order chi connectivity index (χ1) is 8.86. The zero-order chi connectivity index (χ0) is 12.4. The molecule has 4 heteroatoms. The van der Waals surface area contributed by atoms with Crippen molar-refractivity contribution in [3.63, 3.8) is 0 Å². The Morgan fingerprint density at radius 2 is 2.22 bits per heavy atom. The third-order valence-corrected chi connectivity index (χ3v) is 4.12. The second kappa shape index (κ2) is 5.22. The third kappa shape index (κ3) is 2.34. The van der Waals surface area contributed by atoms with Gasteiger partial charge >= 0.3 is 0 Å². The number of nitrogens with one attached hydrogen (secondary N) is 1. The van der Waals surface area contributed by atoms with E-state index in [9.17, 15) is 0 Å². The predicted molar refractivity (Wildman–Crippen MR) is 72.9 cm³/mol. The maximum absolute atomic E-state index is 4.78. The molecular weight excluding hydrogens is 224 g/mol. The second-order valence-corrected chi connectivity index (χ2v) is 5.50. The summed E-state index contributed by atoms with van der Waals surface area (Å²) in [5.74, 6) is 1.71. The van der Waals surface area contributed by atoms with E-state index in [4.69, 9.17) is 4.98 Å². The molecule has 0 saturated carbocycles. The summed E-state index contributed by atoms with van der Waals surface area (Å²) < 4.78 is 0. The van der Waals surface area contributed by atoms with Gasteiger partial charge in [-0.1, -0.05) is 0 Å². The molecular formula is C14H22N4. The Hall–Kier alpha value is -1.16. The molecule has 1 unspecified atom stereocenters. The lowest BCUT2D eigenvalue weighted by Gasteiger charge is -2.25. The zero-order valence-electron chi connectivity index (χ0n) is 11.2. The highest BCUT2D eigenvalue weighted by Crippen LogP contribution is 2.25. The van der Waals surface area contributed by atoms with E-state index in [1.807, 2.05) is 7.05 Å². The van der Waals surface area contributed by atoms with Crippen LogP contribution < -0.4 is 10.2 Å². The Bertz CT molecular complexity index is 412. The van der Waals surface area contributed by atoms with Crippen molar-refractivity contribution in [3.05, 3.63) is 17.5 Å². The highest BCUT2D eigenvalue weighted by Gasteiger charge is 2.22. The van der Waals surface area contributed by atoms with Gasteiger partial charge in [0, 0.05) is 25.0 Å². The smallest absolute Gasteiger partial charge is 0.225 e. The van der Waals surface area contributed by atoms with Crippen LogP contribution in [0.5, 0.6) is 0 Å². The normalized spacial score (nSPS) is 23.2. The van der Waals surface area contributed by atoms with Gasteiger partial charge in [0.2, 0.25) is 5.95 Å². The summed E-state index contributed by atoms with van der Waals surface area (Å²) in [6, 6.07) is 0. The number of nitrogens with zero attached hydrogens (tertiary/aromatic N) is 3. The number of rotatable bonds is 3. The molecule has 0 bridgehead atoms. The maximum atomic E-state index is 4.78. The molecule has 0 radical (unpaired) electrons. The highest BCUT2D eigenvalue weighted by molar-refractivity contribution is 5.35. The van der Waals surface area contributed by atoms with Gasteiger partial charge in [0.25, 0.3) is 0 Å². The minimum absolute atomic E-state index is 0.753. The lowest BCUT2D eigenvalue weighted by molar-refractivity contribution is 0.434. The lowest BCUT2D eigenvalue weighted by Crippen LogP contribution is -2.27. The predicted octanol–water partition coefficient (Wildman–Crippen LogP) is 1.40. The molecule has 2 heterocycles. The van der Waals surface area contributed by atoms with Gasteiger partial charge in [-0.05, 0) is 57.2 Å². The van der Waals surface area contributed by atoms with Crippen molar-refractivity contribution >= 4 is 5.95 Å². The molecule has 1 aromatic rings. The minimum atomic E-state index is 0.753. The first-order valence-corrected chi connectivity index (χ1v) is 7.11. The summed E-state index contributed by atoms with van der Waals surface area (Å²) >= 11 is 0. The fraction of sp³-hybridized carbons (Fsp3) is 0.714. The van der Waals surface area contributed by atoms with Crippen molar-refractivity contribution in [2.24, 2.45) is 5.92 Å². The van der Waals surface area contributed by atoms with E-state index in [0.29, 0.717) is 0 Å². The molecule has 0 spiro atoms. The summed E-state index contributed by atoms with van der Waals surface area (Å²) in [5, 5.41) is 3.28. The first-order valence-electron chi connectivity index (χ1n) is 7.11. The Morgan fingerprint density at radius 1 is 1.39 bits per heavy atom. The SMILES string of the molecule is CNCC1CCc2nc(N3CCCC3)ncc2C1. The average molecular weight is 246 g/mol. The molecule has 4 nitrogen and oxygen atoms in total. The van der Waals surface area contributed by atoms with Gasteiger partial charge in [-0.15, -0.1) is 0 Å². The van der Waals surface area contributed by atoms with Gasteiger partial charge in [-0.3, -0.25) is 0 Å². The Balaban J connectivity index is 1.76. The Kier molecular flexibility index (Phi) is 3.46. The number of hydrogen-bond donors (Lipinski definition) is 1. The van der Waals surface area contributed by atoms with Crippen molar-refractivity contribution in [3.8, 4) is 0 Å². The topological polar surface area (TPSA) is 41.1 Å². The summed E-state index contributed by atoms with van der Waals surface area (Å²) in [7, 11) is 2.03. The third-order valence-electron chi connectivity index (χ3n) is 4.12. The molecule has 1 saturated heterocycles. The molecule has 1 aromatic heterocycles. The molecule has 1 N–H and O–H groups in total. The maximum Gasteiger partial charge on any atom is 0.225 e. The van der Waals surface area contributed by atoms with Crippen LogP contribution in [0, 0.1) is 5.92 Å². The van der Waals surface area contributed by atoms with Crippen LogP contribution in [0.1, 0.15) is 30.5 Å². The van der Waals surface area contributed by atoms with Crippen LogP contribution in [0.25, 0.3) is 0 Å². The van der Waals surface area contributed by atoms with Gasteiger partial charge in [0.05, 0.1) is 0 Å². The first kappa shape index (κ1) is 11.9. The van der Waals surface area contributed by atoms with Gasteiger partial charge in [-0.2, -0.15) is 0 Å². The zero-order valence-corrected chi connectivity index (χ0v) is 11.2. The molecule has 98 valence electrons. The molecule has 1 aliphatic heterocycles. The summed E-state index contributed by atoms with van der Waals surface area (Å²) in [6.07, 6.45) is 8.14. The average Bonchev–Trinajstić information content (AvgIpc) is 2.92. The van der Waals surface area contributed by atoms with Crippen LogP contribution in [0.3, 0.4) is 0 Å². The number of aryl methyl sites for hydroxylation is 1. The van der Waals surface area contributed by atoms with Crippen LogP contribution in [0.4, 0.5) is 5.95 Å². The van der Waals surface area contributed by atoms with Crippen molar-refractivity contribution in [1.29, 1.82) is 0 Å². The number of hydrogen-bond acceptors (Lipinski definition) is 4. The Morgan fingerprint density at radius 3 is 3.00 bits per heavy atom.